The molecule has 0 radical (unpaired) electrons. The summed E-state index contributed by atoms with van der Waals surface area (Å²) in [5.41, 5.74) is 5.93. The molecule has 0 aromatic heterocycles. The van der Waals surface area contributed by atoms with E-state index in [0.717, 1.165) is 12.0 Å². The third-order valence-corrected chi connectivity index (χ3v) is 3.48. The third-order valence-electron chi connectivity index (χ3n) is 2.74. The van der Waals surface area contributed by atoms with Crippen molar-refractivity contribution in [3.8, 4) is 0 Å². The summed E-state index contributed by atoms with van der Waals surface area (Å²) >= 11 is 1.68. The van der Waals surface area contributed by atoms with Crippen molar-refractivity contribution in [2.45, 2.75) is 25.2 Å². The van der Waals surface area contributed by atoms with Crippen LogP contribution < -0.4 is 5.73 Å². The minimum absolute atomic E-state index is 0.172. The molecule has 88 valence electrons. The summed E-state index contributed by atoms with van der Waals surface area (Å²) < 4.78 is 0. The summed E-state index contributed by atoms with van der Waals surface area (Å²) in [6, 6.07) is 7.76. The number of nitrogens with two attached hydrogens (primary N) is 1. The van der Waals surface area contributed by atoms with Crippen molar-refractivity contribution >= 4 is 17.5 Å². The van der Waals surface area contributed by atoms with Gasteiger partial charge in [-0.1, -0.05) is 26.0 Å². The minimum atomic E-state index is -0.365. The fourth-order valence-corrected chi connectivity index (χ4v) is 2.02. The molecular weight excluding hydrogens is 218 g/mol. The zero-order valence-corrected chi connectivity index (χ0v) is 10.9. The van der Waals surface area contributed by atoms with Gasteiger partial charge in [-0.15, -0.1) is 11.8 Å². The van der Waals surface area contributed by atoms with Crippen LogP contribution in [0.3, 0.4) is 0 Å². The molecule has 0 amide bonds. The normalized spacial score (nSPS) is 11.5. The van der Waals surface area contributed by atoms with Gasteiger partial charge in [-0.2, -0.15) is 0 Å². The number of Topliss-reactive ketones (excluding diaryl/α,β-unsaturated/α-hetero) is 1. The maximum absolute atomic E-state index is 12.2. The van der Waals surface area contributed by atoms with Crippen molar-refractivity contribution in [3.63, 3.8) is 0 Å². The summed E-state index contributed by atoms with van der Waals surface area (Å²) in [5, 5.41) is 0. The van der Waals surface area contributed by atoms with E-state index in [1.807, 2.05) is 44.4 Å². The molecule has 1 rings (SSSR count). The van der Waals surface area contributed by atoms with Crippen LogP contribution in [0.2, 0.25) is 0 Å². The van der Waals surface area contributed by atoms with Crippen molar-refractivity contribution in [1.82, 2.24) is 0 Å². The van der Waals surface area contributed by atoms with Gasteiger partial charge >= 0.3 is 0 Å². The Balaban J connectivity index is 2.87. The van der Waals surface area contributed by atoms with E-state index in [4.69, 9.17) is 5.73 Å². The number of thioether (sulfide) groups is 1. The van der Waals surface area contributed by atoms with E-state index >= 15 is 0 Å². The number of rotatable bonds is 5. The molecule has 0 fully saturated rings. The summed E-state index contributed by atoms with van der Waals surface area (Å²) in [6.07, 6.45) is 2.74. The SMILES string of the molecule is CSc1ccc(C(=O)C(C)(C)CCN)cc1. The number of hydrogen-bond donors (Lipinski definition) is 1. The summed E-state index contributed by atoms with van der Waals surface area (Å²) in [5.74, 6) is 0.172. The number of ketones is 1. The van der Waals surface area contributed by atoms with E-state index in [1.165, 1.54) is 4.90 Å². The maximum atomic E-state index is 12.2. The smallest absolute Gasteiger partial charge is 0.168 e. The molecule has 0 saturated heterocycles. The molecular formula is C13H19NOS. The topological polar surface area (TPSA) is 43.1 Å². The quantitative estimate of drug-likeness (QED) is 0.632. The summed E-state index contributed by atoms with van der Waals surface area (Å²) in [4.78, 5) is 13.4. The number of carbonyl (C=O) groups excluding carboxylic acids is 1. The van der Waals surface area contributed by atoms with Gasteiger partial charge in [0, 0.05) is 15.9 Å². The fourth-order valence-electron chi connectivity index (χ4n) is 1.61. The fraction of sp³-hybridized carbons (Fsp3) is 0.462. The van der Waals surface area contributed by atoms with Crippen LogP contribution >= 0.6 is 11.8 Å². The lowest BCUT2D eigenvalue weighted by Gasteiger charge is -2.22. The maximum Gasteiger partial charge on any atom is 0.168 e. The van der Waals surface area contributed by atoms with Gasteiger partial charge in [0.2, 0.25) is 0 Å². The standard InChI is InChI=1S/C13H19NOS/c1-13(2,8-9-14)12(15)10-4-6-11(16-3)7-5-10/h4-7H,8-9,14H2,1-3H3. The van der Waals surface area contributed by atoms with Crippen molar-refractivity contribution in [2.75, 3.05) is 12.8 Å². The molecule has 0 aliphatic heterocycles. The molecule has 2 N–H and O–H groups in total. The van der Waals surface area contributed by atoms with Crippen LogP contribution in [0.25, 0.3) is 0 Å². The zero-order chi connectivity index (χ0) is 12.2. The van der Waals surface area contributed by atoms with Gasteiger partial charge in [0.15, 0.2) is 5.78 Å². The van der Waals surface area contributed by atoms with E-state index in [1.54, 1.807) is 11.8 Å². The third kappa shape index (κ3) is 3.09. The molecule has 0 aliphatic rings. The first-order valence-electron chi connectivity index (χ1n) is 5.40. The highest BCUT2D eigenvalue weighted by molar-refractivity contribution is 7.98. The zero-order valence-electron chi connectivity index (χ0n) is 10.1. The van der Waals surface area contributed by atoms with Crippen molar-refractivity contribution in [1.29, 1.82) is 0 Å². The number of carbonyl (C=O) groups is 1. The van der Waals surface area contributed by atoms with Gasteiger partial charge in [0.05, 0.1) is 0 Å². The minimum Gasteiger partial charge on any atom is -0.330 e. The van der Waals surface area contributed by atoms with Crippen LogP contribution in [-0.2, 0) is 0 Å². The van der Waals surface area contributed by atoms with Crippen molar-refractivity contribution in [2.24, 2.45) is 11.1 Å². The Morgan fingerprint density at radius 2 is 1.88 bits per heavy atom. The molecule has 0 saturated carbocycles. The predicted molar refractivity (Wildman–Crippen MR) is 70.0 cm³/mol. The van der Waals surface area contributed by atoms with E-state index in [9.17, 15) is 4.79 Å². The lowest BCUT2D eigenvalue weighted by Crippen LogP contribution is -2.27. The van der Waals surface area contributed by atoms with Gasteiger partial charge in [0.1, 0.15) is 0 Å². The molecule has 1 aromatic carbocycles. The van der Waals surface area contributed by atoms with Crippen LogP contribution in [-0.4, -0.2) is 18.6 Å². The van der Waals surface area contributed by atoms with E-state index in [-0.39, 0.29) is 11.2 Å². The first-order chi connectivity index (χ1) is 7.51. The molecule has 2 nitrogen and oxygen atoms in total. The molecule has 0 bridgehead atoms. The predicted octanol–water partition coefficient (Wildman–Crippen LogP) is 2.97. The molecule has 1 aromatic rings. The number of benzene rings is 1. The van der Waals surface area contributed by atoms with Gasteiger partial charge in [0.25, 0.3) is 0 Å². The first-order valence-corrected chi connectivity index (χ1v) is 6.62. The molecule has 0 atom stereocenters. The molecule has 0 spiro atoms. The van der Waals surface area contributed by atoms with Crippen molar-refractivity contribution in [3.05, 3.63) is 29.8 Å². The second kappa shape index (κ2) is 5.51. The average Bonchev–Trinajstić information content (AvgIpc) is 2.28. The van der Waals surface area contributed by atoms with Crippen LogP contribution in [0.15, 0.2) is 29.2 Å². The Morgan fingerprint density at radius 3 is 2.31 bits per heavy atom. The monoisotopic (exact) mass is 237 g/mol. The second-order valence-corrected chi connectivity index (χ2v) is 5.36. The highest BCUT2D eigenvalue weighted by Gasteiger charge is 2.27. The van der Waals surface area contributed by atoms with E-state index in [2.05, 4.69) is 0 Å². The Hall–Kier alpha value is -0.800. The Labute approximate surface area is 102 Å². The van der Waals surface area contributed by atoms with Crippen molar-refractivity contribution < 1.29 is 4.79 Å². The van der Waals surface area contributed by atoms with Gasteiger partial charge < -0.3 is 5.73 Å². The van der Waals surface area contributed by atoms with Crippen LogP contribution in [0.4, 0.5) is 0 Å². The summed E-state index contributed by atoms with van der Waals surface area (Å²) in [6.45, 7) is 4.44. The Bertz CT molecular complexity index is 357. The van der Waals surface area contributed by atoms with Crippen LogP contribution in [0, 0.1) is 5.41 Å². The second-order valence-electron chi connectivity index (χ2n) is 4.48. The van der Waals surface area contributed by atoms with E-state index in [0.29, 0.717) is 6.54 Å². The lowest BCUT2D eigenvalue weighted by atomic mass is 9.81. The average molecular weight is 237 g/mol. The van der Waals surface area contributed by atoms with E-state index < -0.39 is 0 Å². The molecule has 16 heavy (non-hydrogen) atoms. The molecule has 0 aliphatic carbocycles. The highest BCUT2D eigenvalue weighted by Crippen LogP contribution is 2.26. The lowest BCUT2D eigenvalue weighted by molar-refractivity contribution is 0.0829. The molecule has 0 unspecified atom stereocenters. The van der Waals surface area contributed by atoms with Crippen LogP contribution in [0.1, 0.15) is 30.6 Å². The Morgan fingerprint density at radius 1 is 1.31 bits per heavy atom. The first kappa shape index (κ1) is 13.3. The van der Waals surface area contributed by atoms with Gasteiger partial charge in [-0.3, -0.25) is 4.79 Å². The van der Waals surface area contributed by atoms with Gasteiger partial charge in [-0.25, -0.2) is 0 Å². The van der Waals surface area contributed by atoms with Crippen LogP contribution in [0.5, 0.6) is 0 Å². The van der Waals surface area contributed by atoms with Gasteiger partial charge in [-0.05, 0) is 31.4 Å². The molecule has 0 heterocycles. The Kier molecular flexibility index (Phi) is 4.56. The molecule has 3 heteroatoms. The highest BCUT2D eigenvalue weighted by atomic mass is 32.2. The largest absolute Gasteiger partial charge is 0.330 e. The number of hydrogen-bond acceptors (Lipinski definition) is 3. The summed E-state index contributed by atoms with van der Waals surface area (Å²) in [7, 11) is 0.